The van der Waals surface area contributed by atoms with Gasteiger partial charge in [0.1, 0.15) is 11.5 Å². The lowest BCUT2D eigenvalue weighted by Gasteiger charge is -2.35. The van der Waals surface area contributed by atoms with Gasteiger partial charge in [0, 0.05) is 55.7 Å². The predicted octanol–water partition coefficient (Wildman–Crippen LogP) is 0.623. The van der Waals surface area contributed by atoms with Gasteiger partial charge in [-0.05, 0) is 25.5 Å². The van der Waals surface area contributed by atoms with E-state index >= 15 is 0 Å². The Morgan fingerprint density at radius 1 is 1.29 bits per heavy atom. The summed E-state index contributed by atoms with van der Waals surface area (Å²) in [4.78, 5) is 28.1. The van der Waals surface area contributed by atoms with Crippen LogP contribution in [-0.2, 0) is 6.42 Å². The van der Waals surface area contributed by atoms with Gasteiger partial charge >= 0.3 is 0 Å². The fourth-order valence-corrected chi connectivity index (χ4v) is 3.29. The summed E-state index contributed by atoms with van der Waals surface area (Å²) in [5.74, 6) is 1.33. The molecule has 24 heavy (non-hydrogen) atoms. The van der Waals surface area contributed by atoms with Gasteiger partial charge in [-0.25, -0.2) is 9.97 Å². The first kappa shape index (κ1) is 15.0. The van der Waals surface area contributed by atoms with Crippen LogP contribution < -0.4 is 15.5 Å². The second-order valence-electron chi connectivity index (χ2n) is 6.25. The molecule has 2 aromatic heterocycles. The first-order valence-corrected chi connectivity index (χ1v) is 8.30. The molecule has 1 saturated heterocycles. The lowest BCUT2D eigenvalue weighted by molar-refractivity contribution is 0.0940. The van der Waals surface area contributed by atoms with E-state index in [9.17, 15) is 4.79 Å². The summed E-state index contributed by atoms with van der Waals surface area (Å²) in [5, 5.41) is 6.32. The van der Waals surface area contributed by atoms with Gasteiger partial charge in [-0.15, -0.1) is 0 Å². The number of pyridine rings is 1. The van der Waals surface area contributed by atoms with E-state index in [1.54, 1.807) is 12.4 Å². The first-order valence-electron chi connectivity index (χ1n) is 8.30. The Balaban J connectivity index is 1.84. The molecular formula is C17H20N6O. The Bertz CT molecular complexity index is 763. The van der Waals surface area contributed by atoms with E-state index in [0.29, 0.717) is 24.1 Å². The van der Waals surface area contributed by atoms with Crippen molar-refractivity contribution in [3.63, 3.8) is 0 Å². The molecule has 0 saturated carbocycles. The molecule has 0 aromatic carbocycles. The Labute approximate surface area is 140 Å². The van der Waals surface area contributed by atoms with Crippen LogP contribution in [0.15, 0.2) is 24.5 Å². The molecule has 1 fully saturated rings. The van der Waals surface area contributed by atoms with Crippen molar-refractivity contribution in [2.75, 3.05) is 31.1 Å². The maximum absolute atomic E-state index is 12.3. The Hall–Kier alpha value is -2.54. The van der Waals surface area contributed by atoms with Gasteiger partial charge in [-0.2, -0.15) is 0 Å². The SMILES string of the molecule is C[C@@H]1CN(c2nc(-c3cccnc3)nc3c2CCNC3=O)CCN1. The van der Waals surface area contributed by atoms with E-state index in [1.165, 1.54) is 0 Å². The van der Waals surface area contributed by atoms with Crippen LogP contribution in [0.3, 0.4) is 0 Å². The van der Waals surface area contributed by atoms with Crippen LogP contribution in [0.4, 0.5) is 5.82 Å². The number of carbonyl (C=O) groups excluding carboxylic acids is 1. The number of carbonyl (C=O) groups is 1. The van der Waals surface area contributed by atoms with E-state index in [4.69, 9.17) is 4.98 Å². The highest BCUT2D eigenvalue weighted by atomic mass is 16.1. The molecule has 4 heterocycles. The molecule has 7 heteroatoms. The van der Waals surface area contributed by atoms with Crippen molar-refractivity contribution < 1.29 is 4.79 Å². The minimum absolute atomic E-state index is 0.117. The lowest BCUT2D eigenvalue weighted by atomic mass is 10.0. The Morgan fingerprint density at radius 3 is 3.00 bits per heavy atom. The topological polar surface area (TPSA) is 83.0 Å². The van der Waals surface area contributed by atoms with Gasteiger partial charge in [-0.3, -0.25) is 9.78 Å². The summed E-state index contributed by atoms with van der Waals surface area (Å²) in [6.45, 7) is 5.46. The molecule has 124 valence electrons. The molecule has 7 nitrogen and oxygen atoms in total. The van der Waals surface area contributed by atoms with E-state index in [-0.39, 0.29) is 5.91 Å². The fraction of sp³-hybridized carbons (Fsp3) is 0.412. The smallest absolute Gasteiger partial charge is 0.270 e. The molecule has 4 rings (SSSR count). The molecule has 2 aliphatic rings. The second-order valence-corrected chi connectivity index (χ2v) is 6.25. The molecule has 0 bridgehead atoms. The minimum Gasteiger partial charge on any atom is -0.353 e. The van der Waals surface area contributed by atoms with Crippen LogP contribution >= 0.6 is 0 Å². The lowest BCUT2D eigenvalue weighted by Crippen LogP contribution is -2.50. The van der Waals surface area contributed by atoms with E-state index in [1.807, 2.05) is 12.1 Å². The monoisotopic (exact) mass is 324 g/mol. The van der Waals surface area contributed by atoms with Crippen molar-refractivity contribution in [3.8, 4) is 11.4 Å². The largest absolute Gasteiger partial charge is 0.353 e. The zero-order valence-electron chi connectivity index (χ0n) is 13.6. The zero-order chi connectivity index (χ0) is 16.5. The zero-order valence-corrected chi connectivity index (χ0v) is 13.6. The number of nitrogens with one attached hydrogen (secondary N) is 2. The average molecular weight is 324 g/mol. The summed E-state index contributed by atoms with van der Waals surface area (Å²) in [6, 6.07) is 4.16. The third kappa shape index (κ3) is 2.71. The van der Waals surface area contributed by atoms with Gasteiger partial charge < -0.3 is 15.5 Å². The summed E-state index contributed by atoms with van der Waals surface area (Å²) in [5.41, 5.74) is 2.28. The number of rotatable bonds is 2. The molecule has 2 aromatic rings. The predicted molar refractivity (Wildman–Crippen MR) is 91.0 cm³/mol. The van der Waals surface area contributed by atoms with Gasteiger partial charge in [0.05, 0.1) is 0 Å². The number of hydrogen-bond donors (Lipinski definition) is 2. The molecule has 0 spiro atoms. The van der Waals surface area contributed by atoms with Crippen molar-refractivity contribution in [2.45, 2.75) is 19.4 Å². The van der Waals surface area contributed by atoms with E-state index < -0.39 is 0 Å². The molecule has 2 aliphatic heterocycles. The van der Waals surface area contributed by atoms with E-state index in [0.717, 1.165) is 43.0 Å². The van der Waals surface area contributed by atoms with Crippen LogP contribution in [0, 0.1) is 0 Å². The highest BCUT2D eigenvalue weighted by molar-refractivity contribution is 5.96. The second kappa shape index (κ2) is 6.16. The summed E-state index contributed by atoms with van der Waals surface area (Å²) < 4.78 is 0. The van der Waals surface area contributed by atoms with Crippen molar-refractivity contribution in [1.82, 2.24) is 25.6 Å². The highest BCUT2D eigenvalue weighted by Gasteiger charge is 2.28. The molecule has 1 atom stereocenters. The van der Waals surface area contributed by atoms with Gasteiger partial charge in [0.2, 0.25) is 0 Å². The molecule has 0 unspecified atom stereocenters. The maximum atomic E-state index is 12.3. The normalized spacial score (nSPS) is 20.5. The van der Waals surface area contributed by atoms with Gasteiger partial charge in [-0.1, -0.05) is 0 Å². The van der Waals surface area contributed by atoms with Crippen molar-refractivity contribution in [2.24, 2.45) is 0 Å². The van der Waals surface area contributed by atoms with Crippen LogP contribution in [0.25, 0.3) is 11.4 Å². The number of piperazine rings is 1. The Morgan fingerprint density at radius 2 is 2.21 bits per heavy atom. The quantitative estimate of drug-likeness (QED) is 0.843. The minimum atomic E-state index is -0.117. The molecule has 2 N–H and O–H groups in total. The van der Waals surface area contributed by atoms with Crippen LogP contribution in [0.2, 0.25) is 0 Å². The summed E-state index contributed by atoms with van der Waals surface area (Å²) in [6.07, 6.45) is 4.21. The van der Waals surface area contributed by atoms with Crippen LogP contribution in [0.5, 0.6) is 0 Å². The average Bonchev–Trinajstić information content (AvgIpc) is 2.62. The number of fused-ring (bicyclic) bond motifs is 1. The van der Waals surface area contributed by atoms with Gasteiger partial charge in [0.15, 0.2) is 5.82 Å². The summed E-state index contributed by atoms with van der Waals surface area (Å²) in [7, 11) is 0. The highest BCUT2D eigenvalue weighted by Crippen LogP contribution is 2.27. The standard InChI is InChI=1S/C17H20N6O/c1-11-10-23(8-7-19-11)16-13-4-6-20-17(24)14(13)21-15(22-16)12-3-2-5-18-9-12/h2-3,5,9,11,19H,4,6-8,10H2,1H3,(H,20,24)/t11-/m1/s1. The van der Waals surface area contributed by atoms with Crippen molar-refractivity contribution in [3.05, 3.63) is 35.8 Å². The third-order valence-electron chi connectivity index (χ3n) is 4.45. The number of amides is 1. The maximum Gasteiger partial charge on any atom is 0.270 e. The fourth-order valence-electron chi connectivity index (χ4n) is 3.29. The number of nitrogens with zero attached hydrogens (tertiary/aromatic N) is 4. The molecule has 1 amide bonds. The van der Waals surface area contributed by atoms with Gasteiger partial charge in [0.25, 0.3) is 5.91 Å². The molecule has 0 aliphatic carbocycles. The van der Waals surface area contributed by atoms with Crippen LogP contribution in [0.1, 0.15) is 23.0 Å². The number of aromatic nitrogens is 3. The van der Waals surface area contributed by atoms with Crippen molar-refractivity contribution in [1.29, 1.82) is 0 Å². The van der Waals surface area contributed by atoms with E-state index in [2.05, 4.69) is 32.4 Å². The third-order valence-corrected chi connectivity index (χ3v) is 4.45. The summed E-state index contributed by atoms with van der Waals surface area (Å²) >= 11 is 0. The molecular weight excluding hydrogens is 304 g/mol. The Kier molecular flexibility index (Phi) is 3.86. The number of hydrogen-bond acceptors (Lipinski definition) is 6. The molecule has 0 radical (unpaired) electrons. The van der Waals surface area contributed by atoms with Crippen molar-refractivity contribution >= 4 is 11.7 Å². The number of anilines is 1. The first-order chi connectivity index (χ1) is 11.7. The van der Waals surface area contributed by atoms with Crippen LogP contribution in [-0.4, -0.2) is 53.1 Å².